The van der Waals surface area contributed by atoms with Crippen LogP contribution in [0.25, 0.3) is 61.1 Å². The van der Waals surface area contributed by atoms with Crippen LogP contribution in [0, 0.1) is 0 Å². The van der Waals surface area contributed by atoms with E-state index in [1.54, 1.807) is 0 Å². The molecule has 0 spiro atoms. The van der Waals surface area contributed by atoms with Gasteiger partial charge in [-0.3, -0.25) is 0 Å². The van der Waals surface area contributed by atoms with Gasteiger partial charge in [-0.15, -0.1) is 0 Å². The van der Waals surface area contributed by atoms with Crippen LogP contribution in [0.4, 0.5) is 0 Å². The minimum atomic E-state index is 0.939. The first-order valence-corrected chi connectivity index (χ1v) is 13.1. The van der Waals surface area contributed by atoms with Gasteiger partial charge in [0.15, 0.2) is 0 Å². The number of aromatic nitrogens is 3. The van der Waals surface area contributed by atoms with Crippen LogP contribution in [-0.2, 0) is 6.54 Å². The molecule has 0 atom stereocenters. The summed E-state index contributed by atoms with van der Waals surface area (Å²) in [6.45, 7) is 3.15. The van der Waals surface area contributed by atoms with Gasteiger partial charge in [0.1, 0.15) is 0 Å². The first-order valence-electron chi connectivity index (χ1n) is 13.1. The molecule has 3 heteroatoms. The molecule has 0 unspecified atom stereocenters. The second-order valence-electron chi connectivity index (χ2n) is 9.60. The molecule has 0 aliphatic heterocycles. The summed E-state index contributed by atoms with van der Waals surface area (Å²) in [7, 11) is 0. The van der Waals surface area contributed by atoms with Gasteiger partial charge in [-0.05, 0) is 54.4 Å². The summed E-state index contributed by atoms with van der Waals surface area (Å²) in [5.41, 5.74) is 10.3. The average molecular weight is 490 g/mol. The number of para-hydroxylation sites is 2. The molecule has 5 aromatic carbocycles. The quantitative estimate of drug-likeness (QED) is 0.236. The van der Waals surface area contributed by atoms with E-state index < -0.39 is 0 Å². The van der Waals surface area contributed by atoms with Gasteiger partial charge in [-0.2, -0.15) is 5.10 Å². The lowest BCUT2D eigenvalue weighted by molar-refractivity contribution is 0.827. The van der Waals surface area contributed by atoms with Crippen molar-refractivity contribution in [3.8, 4) is 39.3 Å². The molecule has 7 aromatic rings. The average Bonchev–Trinajstić information content (AvgIpc) is 3.58. The number of hydrogen-bond donors (Lipinski definition) is 0. The van der Waals surface area contributed by atoms with Gasteiger partial charge in [-0.25, -0.2) is 4.68 Å². The lowest BCUT2D eigenvalue weighted by atomic mass is 10.0. The van der Waals surface area contributed by atoms with E-state index in [1.165, 1.54) is 32.9 Å². The van der Waals surface area contributed by atoms with Crippen LogP contribution in [0.3, 0.4) is 0 Å². The molecular formula is C35H27N3. The zero-order valence-corrected chi connectivity index (χ0v) is 21.3. The van der Waals surface area contributed by atoms with Gasteiger partial charge in [0.25, 0.3) is 0 Å². The summed E-state index contributed by atoms with van der Waals surface area (Å²) in [4.78, 5) is 0. The second-order valence-corrected chi connectivity index (χ2v) is 9.60. The molecule has 0 saturated heterocycles. The number of benzene rings is 5. The lowest BCUT2D eigenvalue weighted by Gasteiger charge is -2.08. The molecule has 3 nitrogen and oxygen atoms in total. The summed E-state index contributed by atoms with van der Waals surface area (Å²) in [6, 6.07) is 47.3. The van der Waals surface area contributed by atoms with E-state index in [0.29, 0.717) is 0 Å². The predicted octanol–water partition coefficient (Wildman–Crippen LogP) is 9.00. The summed E-state index contributed by atoms with van der Waals surface area (Å²) in [5.74, 6) is 0. The molecule has 0 aliphatic carbocycles. The summed E-state index contributed by atoms with van der Waals surface area (Å²) in [6.07, 6.45) is 0. The van der Waals surface area contributed by atoms with Gasteiger partial charge in [0.05, 0.1) is 17.1 Å². The van der Waals surface area contributed by atoms with E-state index in [9.17, 15) is 0 Å². The van der Waals surface area contributed by atoms with Gasteiger partial charge < -0.3 is 4.57 Å². The van der Waals surface area contributed by atoms with E-state index in [-0.39, 0.29) is 0 Å². The highest BCUT2D eigenvalue weighted by molar-refractivity contribution is 6.09. The van der Waals surface area contributed by atoms with Crippen LogP contribution in [0.15, 0.2) is 133 Å². The Bertz CT molecular complexity index is 1880. The number of rotatable bonds is 5. The minimum absolute atomic E-state index is 0.939. The largest absolute Gasteiger partial charge is 0.341 e. The fraction of sp³-hybridized carbons (Fsp3) is 0.0571. The maximum atomic E-state index is 5.10. The normalized spacial score (nSPS) is 11.4. The van der Waals surface area contributed by atoms with Crippen LogP contribution in [0.2, 0.25) is 0 Å². The molecule has 7 rings (SSSR count). The maximum Gasteiger partial charge on any atom is 0.0934 e. The van der Waals surface area contributed by atoms with Crippen molar-refractivity contribution >= 4 is 21.8 Å². The first kappa shape index (κ1) is 22.3. The zero-order valence-electron chi connectivity index (χ0n) is 21.3. The molecule has 0 radical (unpaired) electrons. The van der Waals surface area contributed by atoms with E-state index in [2.05, 4.69) is 137 Å². The molecule has 0 amide bonds. The summed E-state index contributed by atoms with van der Waals surface area (Å²) in [5, 5.41) is 7.66. The smallest absolute Gasteiger partial charge is 0.0934 e. The topological polar surface area (TPSA) is 22.8 Å². The highest BCUT2D eigenvalue weighted by Crippen LogP contribution is 2.35. The Morgan fingerprint density at radius 1 is 0.526 bits per heavy atom. The molecule has 0 fully saturated rings. The maximum absolute atomic E-state index is 5.10. The van der Waals surface area contributed by atoms with E-state index in [1.807, 2.05) is 12.1 Å². The van der Waals surface area contributed by atoms with Crippen molar-refractivity contribution in [2.24, 2.45) is 0 Å². The zero-order chi connectivity index (χ0) is 25.5. The summed E-state index contributed by atoms with van der Waals surface area (Å²) >= 11 is 0. The van der Waals surface area contributed by atoms with Gasteiger partial charge in [-0.1, -0.05) is 97.1 Å². The third-order valence-electron chi connectivity index (χ3n) is 7.38. The van der Waals surface area contributed by atoms with Crippen molar-refractivity contribution in [1.82, 2.24) is 14.3 Å². The third-order valence-corrected chi connectivity index (χ3v) is 7.38. The Morgan fingerprint density at radius 3 is 1.89 bits per heavy atom. The van der Waals surface area contributed by atoms with Crippen molar-refractivity contribution in [3.63, 3.8) is 0 Å². The highest BCUT2D eigenvalue weighted by Gasteiger charge is 2.16. The predicted molar refractivity (Wildman–Crippen MR) is 159 cm³/mol. The van der Waals surface area contributed by atoms with Crippen LogP contribution >= 0.6 is 0 Å². The lowest BCUT2D eigenvalue weighted by Crippen LogP contribution is -1.99. The molecule has 0 saturated carbocycles. The molecule has 2 aromatic heterocycles. The highest BCUT2D eigenvalue weighted by atomic mass is 15.3. The van der Waals surface area contributed by atoms with Crippen molar-refractivity contribution in [3.05, 3.63) is 133 Å². The summed E-state index contributed by atoms with van der Waals surface area (Å²) < 4.78 is 4.46. The minimum Gasteiger partial charge on any atom is -0.341 e. The second kappa shape index (κ2) is 9.20. The Labute approximate surface area is 222 Å². The molecule has 0 bridgehead atoms. The molecule has 2 heterocycles. The van der Waals surface area contributed by atoms with Crippen LogP contribution < -0.4 is 0 Å². The fourth-order valence-corrected chi connectivity index (χ4v) is 5.51. The van der Waals surface area contributed by atoms with Crippen molar-refractivity contribution < 1.29 is 0 Å². The fourth-order valence-electron chi connectivity index (χ4n) is 5.51. The Hall–Kier alpha value is -4.89. The van der Waals surface area contributed by atoms with Gasteiger partial charge in [0.2, 0.25) is 0 Å². The first-order chi connectivity index (χ1) is 18.8. The number of hydrogen-bond acceptors (Lipinski definition) is 1. The van der Waals surface area contributed by atoms with Crippen LogP contribution in [0.5, 0.6) is 0 Å². The third kappa shape index (κ3) is 3.72. The van der Waals surface area contributed by atoms with Gasteiger partial charge >= 0.3 is 0 Å². The molecule has 0 aliphatic rings. The van der Waals surface area contributed by atoms with Crippen LogP contribution in [0.1, 0.15) is 6.92 Å². The van der Waals surface area contributed by atoms with Crippen molar-refractivity contribution in [2.45, 2.75) is 13.5 Å². The van der Waals surface area contributed by atoms with E-state index >= 15 is 0 Å². The Balaban J connectivity index is 1.38. The number of fused-ring (bicyclic) bond motifs is 3. The Morgan fingerprint density at radius 2 is 1.13 bits per heavy atom. The van der Waals surface area contributed by atoms with E-state index in [0.717, 1.165) is 34.7 Å². The molecular weight excluding hydrogens is 462 g/mol. The monoisotopic (exact) mass is 489 g/mol. The van der Waals surface area contributed by atoms with Gasteiger partial charge in [0, 0.05) is 39.5 Å². The number of aryl methyl sites for hydroxylation is 1. The van der Waals surface area contributed by atoms with Crippen molar-refractivity contribution in [2.75, 3.05) is 0 Å². The standard InChI is InChI=1S/C35H27N3/c1-2-37-33-16-10-9-15-30(33)31-23-28(21-22-34(31)37)35-24-32(36-38(35)29-13-7-4-8-14-29)27-19-17-26(18-20-27)25-11-5-3-6-12-25/h3-24H,2H2,1H3. The van der Waals surface area contributed by atoms with Crippen molar-refractivity contribution in [1.29, 1.82) is 0 Å². The number of nitrogens with zero attached hydrogens (tertiary/aromatic N) is 3. The molecule has 38 heavy (non-hydrogen) atoms. The Kier molecular flexibility index (Phi) is 5.41. The van der Waals surface area contributed by atoms with Crippen LogP contribution in [-0.4, -0.2) is 14.3 Å². The molecule has 0 N–H and O–H groups in total. The van der Waals surface area contributed by atoms with E-state index in [4.69, 9.17) is 5.10 Å². The SMILES string of the molecule is CCn1c2ccccc2c2cc(-c3cc(-c4ccc(-c5ccccc5)cc4)nn3-c3ccccc3)ccc21. The molecule has 182 valence electrons.